The number of halogens is 3. The first-order valence-corrected chi connectivity index (χ1v) is 9.74. The van der Waals surface area contributed by atoms with Crippen LogP contribution in [0.5, 0.6) is 5.75 Å². The molecule has 6 heteroatoms. The van der Waals surface area contributed by atoms with Crippen LogP contribution in [0.1, 0.15) is 38.5 Å². The number of benzene rings is 1. The van der Waals surface area contributed by atoms with E-state index >= 15 is 0 Å². The largest absolute Gasteiger partial charge is 0.455 e. The summed E-state index contributed by atoms with van der Waals surface area (Å²) in [4.78, 5) is 2.06. The monoisotopic (exact) mass is 378 g/mol. The Morgan fingerprint density at radius 1 is 1.04 bits per heavy atom. The van der Waals surface area contributed by atoms with Gasteiger partial charge in [-0.1, -0.05) is 0 Å². The van der Waals surface area contributed by atoms with E-state index in [4.69, 9.17) is 4.74 Å². The van der Waals surface area contributed by atoms with Crippen molar-refractivity contribution >= 4 is 5.69 Å². The second-order valence-corrected chi connectivity index (χ2v) is 7.84. The summed E-state index contributed by atoms with van der Waals surface area (Å²) in [5, 5.41) is 3.48. The van der Waals surface area contributed by atoms with Crippen molar-refractivity contribution in [2.24, 2.45) is 5.41 Å². The SMILES string of the molecule is FC1=CC(Oc2cc(F)c(F)cc2N2CCC3(CCCNC3)CC2)=CCC1. The van der Waals surface area contributed by atoms with Gasteiger partial charge in [0.2, 0.25) is 0 Å². The predicted octanol–water partition coefficient (Wildman–Crippen LogP) is 4.84. The molecule has 2 heterocycles. The second kappa shape index (κ2) is 7.58. The lowest BCUT2D eigenvalue weighted by Crippen LogP contribution is -2.48. The molecular weight excluding hydrogens is 353 g/mol. The Morgan fingerprint density at radius 2 is 1.81 bits per heavy atom. The molecule has 0 bridgehead atoms. The number of rotatable bonds is 3. The predicted molar refractivity (Wildman–Crippen MR) is 99.5 cm³/mol. The molecule has 0 saturated carbocycles. The Labute approximate surface area is 157 Å². The first kappa shape index (κ1) is 18.4. The number of hydrogen-bond donors (Lipinski definition) is 1. The zero-order valence-corrected chi connectivity index (χ0v) is 15.4. The molecule has 1 aliphatic carbocycles. The van der Waals surface area contributed by atoms with Gasteiger partial charge in [0.1, 0.15) is 11.6 Å². The number of ether oxygens (including phenoxy) is 1. The molecule has 0 radical (unpaired) electrons. The summed E-state index contributed by atoms with van der Waals surface area (Å²) in [5.41, 5.74) is 0.847. The molecule has 1 aromatic carbocycles. The summed E-state index contributed by atoms with van der Waals surface area (Å²) in [7, 11) is 0. The van der Waals surface area contributed by atoms with Crippen LogP contribution < -0.4 is 15.0 Å². The third kappa shape index (κ3) is 4.00. The van der Waals surface area contributed by atoms with E-state index in [2.05, 4.69) is 10.2 Å². The highest BCUT2D eigenvalue weighted by Gasteiger charge is 2.36. The van der Waals surface area contributed by atoms with E-state index in [9.17, 15) is 13.2 Å². The smallest absolute Gasteiger partial charge is 0.162 e. The first-order chi connectivity index (χ1) is 13.0. The molecule has 2 aliphatic heterocycles. The maximum absolute atomic E-state index is 13.9. The molecule has 0 amide bonds. The highest BCUT2D eigenvalue weighted by molar-refractivity contribution is 5.60. The van der Waals surface area contributed by atoms with E-state index in [0.29, 0.717) is 29.7 Å². The van der Waals surface area contributed by atoms with E-state index in [1.165, 1.54) is 25.0 Å². The van der Waals surface area contributed by atoms with Crippen molar-refractivity contribution in [3.05, 3.63) is 47.5 Å². The fourth-order valence-electron chi connectivity index (χ4n) is 4.36. The molecule has 2 fully saturated rings. The van der Waals surface area contributed by atoms with E-state index < -0.39 is 11.6 Å². The molecule has 146 valence electrons. The van der Waals surface area contributed by atoms with Crippen LogP contribution in [0.15, 0.2) is 35.9 Å². The Kier molecular flexibility index (Phi) is 5.17. The van der Waals surface area contributed by atoms with Crippen LogP contribution in [0.2, 0.25) is 0 Å². The molecule has 0 atom stereocenters. The zero-order valence-electron chi connectivity index (χ0n) is 15.4. The maximum Gasteiger partial charge on any atom is 0.162 e. The van der Waals surface area contributed by atoms with Gasteiger partial charge in [-0.25, -0.2) is 13.2 Å². The van der Waals surface area contributed by atoms with E-state index in [-0.39, 0.29) is 11.6 Å². The summed E-state index contributed by atoms with van der Waals surface area (Å²) >= 11 is 0. The van der Waals surface area contributed by atoms with Crippen LogP contribution in [0, 0.1) is 17.0 Å². The molecule has 1 aromatic rings. The van der Waals surface area contributed by atoms with Crippen LogP contribution in [0.25, 0.3) is 0 Å². The lowest BCUT2D eigenvalue weighted by molar-refractivity contribution is 0.161. The fraction of sp³-hybridized carbons (Fsp3) is 0.524. The van der Waals surface area contributed by atoms with E-state index in [1.807, 2.05) is 0 Å². The Hall–Kier alpha value is -1.95. The Bertz CT molecular complexity index is 759. The number of piperidine rings is 2. The first-order valence-electron chi connectivity index (χ1n) is 9.74. The number of nitrogens with zero attached hydrogens (tertiary/aromatic N) is 1. The normalized spacial score (nSPS) is 22.4. The minimum absolute atomic E-state index is 0.240. The quantitative estimate of drug-likeness (QED) is 0.814. The van der Waals surface area contributed by atoms with Crippen molar-refractivity contribution in [3.63, 3.8) is 0 Å². The number of anilines is 1. The van der Waals surface area contributed by atoms with E-state index in [0.717, 1.165) is 45.1 Å². The maximum atomic E-state index is 13.9. The van der Waals surface area contributed by atoms with Crippen molar-refractivity contribution in [3.8, 4) is 5.75 Å². The van der Waals surface area contributed by atoms with Crippen molar-refractivity contribution in [1.82, 2.24) is 5.32 Å². The van der Waals surface area contributed by atoms with Gasteiger partial charge in [0, 0.05) is 44.3 Å². The van der Waals surface area contributed by atoms with Gasteiger partial charge < -0.3 is 15.0 Å². The molecule has 27 heavy (non-hydrogen) atoms. The minimum atomic E-state index is -0.959. The third-order valence-corrected chi connectivity index (χ3v) is 5.98. The van der Waals surface area contributed by atoms with Crippen LogP contribution >= 0.6 is 0 Å². The van der Waals surface area contributed by atoms with Crippen molar-refractivity contribution in [2.45, 2.75) is 38.5 Å². The van der Waals surface area contributed by atoms with Gasteiger partial charge in [0.05, 0.1) is 5.69 Å². The molecule has 3 aliphatic rings. The zero-order chi connectivity index (χ0) is 18.9. The van der Waals surface area contributed by atoms with Crippen LogP contribution in [0.4, 0.5) is 18.9 Å². The fourth-order valence-corrected chi connectivity index (χ4v) is 4.36. The summed E-state index contributed by atoms with van der Waals surface area (Å²) < 4.78 is 47.1. The van der Waals surface area contributed by atoms with Gasteiger partial charge in [-0.2, -0.15) is 0 Å². The van der Waals surface area contributed by atoms with Crippen molar-refractivity contribution < 1.29 is 17.9 Å². The third-order valence-electron chi connectivity index (χ3n) is 5.98. The molecule has 1 spiro atoms. The molecule has 4 rings (SSSR count). The Morgan fingerprint density at radius 3 is 2.52 bits per heavy atom. The second-order valence-electron chi connectivity index (χ2n) is 7.84. The van der Waals surface area contributed by atoms with Gasteiger partial charge in [-0.3, -0.25) is 0 Å². The van der Waals surface area contributed by atoms with Gasteiger partial charge >= 0.3 is 0 Å². The topological polar surface area (TPSA) is 24.5 Å². The average molecular weight is 378 g/mol. The standard InChI is InChI=1S/C21H25F3N2O/c22-15-3-1-4-16(11-15)27-20-13-18(24)17(23)12-19(20)26-9-6-21(7-10-26)5-2-8-25-14-21/h4,11-13,25H,1-3,5-10,14H2. The molecular formula is C21H25F3N2O. The molecule has 1 N–H and O–H groups in total. The van der Waals surface area contributed by atoms with Crippen LogP contribution in [0.3, 0.4) is 0 Å². The van der Waals surface area contributed by atoms with Gasteiger partial charge in [0.25, 0.3) is 0 Å². The minimum Gasteiger partial charge on any atom is -0.455 e. The van der Waals surface area contributed by atoms with E-state index in [1.54, 1.807) is 6.08 Å². The lowest BCUT2D eigenvalue weighted by Gasteiger charge is -2.45. The average Bonchev–Trinajstić information content (AvgIpc) is 2.66. The highest BCUT2D eigenvalue weighted by Crippen LogP contribution is 2.41. The van der Waals surface area contributed by atoms with Gasteiger partial charge in [-0.15, -0.1) is 0 Å². The number of allylic oxidation sites excluding steroid dienone is 3. The lowest BCUT2D eigenvalue weighted by atomic mass is 9.73. The van der Waals surface area contributed by atoms with Gasteiger partial charge in [-0.05, 0) is 50.1 Å². The van der Waals surface area contributed by atoms with Crippen molar-refractivity contribution in [1.29, 1.82) is 0 Å². The van der Waals surface area contributed by atoms with Crippen molar-refractivity contribution in [2.75, 3.05) is 31.1 Å². The number of nitrogens with one attached hydrogen (secondary N) is 1. The van der Waals surface area contributed by atoms with Gasteiger partial charge in [0.15, 0.2) is 17.4 Å². The summed E-state index contributed by atoms with van der Waals surface area (Å²) in [6.45, 7) is 3.64. The summed E-state index contributed by atoms with van der Waals surface area (Å²) in [5.74, 6) is -1.53. The Balaban J connectivity index is 1.55. The molecule has 0 unspecified atom stereocenters. The van der Waals surface area contributed by atoms with Crippen LogP contribution in [-0.2, 0) is 0 Å². The summed E-state index contributed by atoms with van der Waals surface area (Å²) in [6, 6.07) is 2.27. The van der Waals surface area contributed by atoms with Crippen LogP contribution in [-0.4, -0.2) is 26.2 Å². The molecule has 2 saturated heterocycles. The molecule has 0 aromatic heterocycles. The summed E-state index contributed by atoms with van der Waals surface area (Å²) in [6.07, 6.45) is 8.39. The number of hydrogen-bond acceptors (Lipinski definition) is 3. The highest BCUT2D eigenvalue weighted by atomic mass is 19.2. The molecule has 3 nitrogen and oxygen atoms in total.